The number of carbonyl (C=O) groups is 1. The zero-order chi connectivity index (χ0) is 12.8. The molecule has 4 nitrogen and oxygen atoms in total. The van der Waals surface area contributed by atoms with Gasteiger partial charge >= 0.3 is 0 Å². The number of rotatable bonds is 6. The van der Waals surface area contributed by atoms with Crippen LogP contribution in [0.2, 0.25) is 8.67 Å². The van der Waals surface area contributed by atoms with Crippen molar-refractivity contribution in [2.45, 2.75) is 12.5 Å². The number of amides is 1. The number of carbonyl (C=O) groups excluding carboxylic acids is 1. The first kappa shape index (κ1) is 14.7. The summed E-state index contributed by atoms with van der Waals surface area (Å²) in [6.07, 6.45) is -0.156. The van der Waals surface area contributed by atoms with Gasteiger partial charge in [0.15, 0.2) is 0 Å². The number of methoxy groups -OCH3 is 1. The van der Waals surface area contributed by atoms with Gasteiger partial charge in [-0.3, -0.25) is 4.79 Å². The number of hydrogen-bond donors (Lipinski definition) is 2. The molecule has 0 saturated carbocycles. The Morgan fingerprint density at radius 2 is 2.35 bits per heavy atom. The molecule has 7 heteroatoms. The van der Waals surface area contributed by atoms with Crippen molar-refractivity contribution >= 4 is 40.4 Å². The predicted octanol–water partition coefficient (Wildman–Crippen LogP) is 2.18. The number of nitrogens with one attached hydrogen (secondary N) is 1. The van der Waals surface area contributed by atoms with E-state index < -0.39 is 6.10 Å². The van der Waals surface area contributed by atoms with Gasteiger partial charge in [0.25, 0.3) is 5.91 Å². The van der Waals surface area contributed by atoms with Crippen LogP contribution in [-0.2, 0) is 4.74 Å². The summed E-state index contributed by atoms with van der Waals surface area (Å²) in [5.74, 6) is -0.289. The fraction of sp³-hybridized carbons (Fsp3) is 0.500. The minimum Gasteiger partial charge on any atom is -0.391 e. The summed E-state index contributed by atoms with van der Waals surface area (Å²) in [6.45, 7) is 0.605. The second kappa shape index (κ2) is 7.18. The van der Waals surface area contributed by atoms with Gasteiger partial charge in [0.05, 0.1) is 22.6 Å². The molecule has 1 rings (SSSR count). The van der Waals surface area contributed by atoms with Crippen LogP contribution in [0.5, 0.6) is 0 Å². The standard InChI is InChI=1S/C10H13Cl2NO3S/c1-16-5-6(14)2-3-13-10(15)7-4-8(11)17-9(7)12/h4,6,14H,2-3,5H2,1H3,(H,13,15). The largest absolute Gasteiger partial charge is 0.391 e. The van der Waals surface area contributed by atoms with Crippen molar-refractivity contribution in [3.8, 4) is 0 Å². The van der Waals surface area contributed by atoms with Crippen LogP contribution >= 0.6 is 34.5 Å². The molecule has 0 aliphatic rings. The fourth-order valence-corrected chi connectivity index (χ4v) is 2.68. The predicted molar refractivity (Wildman–Crippen MR) is 69.2 cm³/mol. The summed E-state index contributed by atoms with van der Waals surface area (Å²) >= 11 is 12.7. The van der Waals surface area contributed by atoms with Gasteiger partial charge in [0, 0.05) is 13.7 Å². The Balaban J connectivity index is 2.37. The molecule has 0 saturated heterocycles. The van der Waals surface area contributed by atoms with E-state index in [4.69, 9.17) is 27.9 Å². The fourth-order valence-electron chi connectivity index (χ4n) is 1.22. The lowest BCUT2D eigenvalue weighted by Crippen LogP contribution is -2.28. The van der Waals surface area contributed by atoms with Crippen molar-refractivity contribution in [3.63, 3.8) is 0 Å². The molecule has 1 heterocycles. The zero-order valence-corrected chi connectivity index (χ0v) is 11.5. The highest BCUT2D eigenvalue weighted by atomic mass is 35.5. The van der Waals surface area contributed by atoms with Gasteiger partial charge in [-0.15, -0.1) is 11.3 Å². The van der Waals surface area contributed by atoms with Gasteiger partial charge in [0.2, 0.25) is 0 Å². The average molecular weight is 298 g/mol. The van der Waals surface area contributed by atoms with Crippen LogP contribution in [0.1, 0.15) is 16.8 Å². The molecular weight excluding hydrogens is 285 g/mol. The molecule has 1 atom stereocenters. The van der Waals surface area contributed by atoms with Crippen LogP contribution < -0.4 is 5.32 Å². The van der Waals surface area contributed by atoms with Crippen LogP contribution in [0.15, 0.2) is 6.07 Å². The first-order chi connectivity index (χ1) is 8.04. The van der Waals surface area contributed by atoms with Crippen molar-refractivity contribution in [2.75, 3.05) is 20.3 Å². The number of aliphatic hydroxyl groups is 1. The van der Waals surface area contributed by atoms with E-state index >= 15 is 0 Å². The topological polar surface area (TPSA) is 58.6 Å². The number of thiophene rings is 1. The highest BCUT2D eigenvalue weighted by Crippen LogP contribution is 2.30. The van der Waals surface area contributed by atoms with Crippen LogP contribution in [0, 0.1) is 0 Å². The van der Waals surface area contributed by atoms with E-state index in [9.17, 15) is 9.90 Å². The summed E-state index contributed by atoms with van der Waals surface area (Å²) in [6, 6.07) is 1.52. The molecule has 1 aromatic rings. The lowest BCUT2D eigenvalue weighted by atomic mass is 10.2. The summed E-state index contributed by atoms with van der Waals surface area (Å²) in [5, 5.41) is 12.0. The van der Waals surface area contributed by atoms with E-state index in [1.807, 2.05) is 0 Å². The van der Waals surface area contributed by atoms with Gasteiger partial charge in [-0.2, -0.15) is 0 Å². The minimum absolute atomic E-state index is 0.251. The second-order valence-corrected chi connectivity index (χ2v) is 5.68. The molecule has 96 valence electrons. The van der Waals surface area contributed by atoms with Crippen LogP contribution in [0.25, 0.3) is 0 Å². The van der Waals surface area contributed by atoms with Crippen molar-refractivity contribution in [1.82, 2.24) is 5.32 Å². The Kier molecular flexibility index (Phi) is 6.22. The summed E-state index contributed by atoms with van der Waals surface area (Å²) in [5.41, 5.74) is 0.364. The highest BCUT2D eigenvalue weighted by Gasteiger charge is 2.14. The van der Waals surface area contributed by atoms with E-state index in [0.29, 0.717) is 27.2 Å². The Labute approximate surface area is 113 Å². The van der Waals surface area contributed by atoms with E-state index in [2.05, 4.69) is 5.32 Å². The van der Waals surface area contributed by atoms with Crippen molar-refractivity contribution in [1.29, 1.82) is 0 Å². The molecule has 1 amide bonds. The molecular formula is C10H13Cl2NO3S. The molecule has 0 spiro atoms. The third kappa shape index (κ3) is 4.81. The summed E-state index contributed by atoms with van der Waals surface area (Å²) in [7, 11) is 1.51. The zero-order valence-electron chi connectivity index (χ0n) is 9.20. The smallest absolute Gasteiger partial charge is 0.253 e. The number of aliphatic hydroxyl groups excluding tert-OH is 1. The first-order valence-electron chi connectivity index (χ1n) is 4.94. The van der Waals surface area contributed by atoms with Crippen molar-refractivity contribution < 1.29 is 14.6 Å². The maximum Gasteiger partial charge on any atom is 0.253 e. The lowest BCUT2D eigenvalue weighted by molar-refractivity contribution is 0.0588. The van der Waals surface area contributed by atoms with E-state index in [1.165, 1.54) is 13.2 Å². The lowest BCUT2D eigenvalue weighted by Gasteiger charge is -2.09. The van der Waals surface area contributed by atoms with Gasteiger partial charge in [-0.25, -0.2) is 0 Å². The maximum atomic E-state index is 11.7. The summed E-state index contributed by atoms with van der Waals surface area (Å²) in [4.78, 5) is 11.7. The molecule has 0 fully saturated rings. The van der Waals surface area contributed by atoms with Crippen LogP contribution in [0.4, 0.5) is 0 Å². The van der Waals surface area contributed by atoms with E-state index in [-0.39, 0.29) is 12.5 Å². The molecule has 1 unspecified atom stereocenters. The normalized spacial score (nSPS) is 12.5. The molecule has 2 N–H and O–H groups in total. The molecule has 0 radical (unpaired) electrons. The number of hydrogen-bond acceptors (Lipinski definition) is 4. The van der Waals surface area contributed by atoms with E-state index in [1.54, 1.807) is 0 Å². The van der Waals surface area contributed by atoms with Gasteiger partial charge in [0.1, 0.15) is 4.34 Å². The van der Waals surface area contributed by atoms with Crippen molar-refractivity contribution in [3.05, 3.63) is 20.3 Å². The molecule has 0 aliphatic carbocycles. The van der Waals surface area contributed by atoms with Gasteiger partial charge in [-0.1, -0.05) is 23.2 Å². The Morgan fingerprint density at radius 1 is 1.65 bits per heavy atom. The third-order valence-corrected chi connectivity index (χ3v) is 3.51. The Hall–Kier alpha value is -0.330. The molecule has 0 aliphatic heterocycles. The molecule has 0 bridgehead atoms. The van der Waals surface area contributed by atoms with Gasteiger partial charge < -0.3 is 15.2 Å². The maximum absolute atomic E-state index is 11.7. The Bertz CT molecular complexity index is 384. The van der Waals surface area contributed by atoms with E-state index in [0.717, 1.165) is 11.3 Å². The molecule has 17 heavy (non-hydrogen) atoms. The second-order valence-electron chi connectivity index (χ2n) is 3.39. The van der Waals surface area contributed by atoms with Gasteiger partial charge in [-0.05, 0) is 12.5 Å². The number of halogens is 2. The third-order valence-electron chi connectivity index (χ3n) is 2.02. The average Bonchev–Trinajstić information content (AvgIpc) is 2.58. The SMILES string of the molecule is COCC(O)CCNC(=O)c1cc(Cl)sc1Cl. The molecule has 1 aromatic heterocycles. The van der Waals surface area contributed by atoms with Crippen molar-refractivity contribution in [2.24, 2.45) is 0 Å². The van der Waals surface area contributed by atoms with Crippen LogP contribution in [-0.4, -0.2) is 37.4 Å². The molecule has 0 aromatic carbocycles. The quantitative estimate of drug-likeness (QED) is 0.846. The van der Waals surface area contributed by atoms with Crippen LogP contribution in [0.3, 0.4) is 0 Å². The Morgan fingerprint density at radius 3 is 2.88 bits per heavy atom. The summed E-state index contributed by atoms with van der Waals surface area (Å²) < 4.78 is 5.61. The minimum atomic E-state index is -0.582. The highest BCUT2D eigenvalue weighted by molar-refractivity contribution is 7.20. The number of ether oxygens (including phenoxy) is 1. The monoisotopic (exact) mass is 297 g/mol. The first-order valence-corrected chi connectivity index (χ1v) is 6.52.